The molecule has 27 heteroatoms. The van der Waals surface area contributed by atoms with Crippen LogP contribution in [0.1, 0.15) is 110 Å². The number of amides is 9. The van der Waals surface area contributed by atoms with Crippen LogP contribution in [0.5, 0.6) is 5.75 Å². The third-order valence-corrected chi connectivity index (χ3v) is 16.0. The predicted molar refractivity (Wildman–Crippen MR) is 340 cm³/mol. The summed E-state index contributed by atoms with van der Waals surface area (Å²) in [6, 6.07) is 8.03. The zero-order chi connectivity index (χ0) is 67.9. The summed E-state index contributed by atoms with van der Waals surface area (Å²) < 4.78 is 0. The maximum absolute atomic E-state index is 14.5. The van der Waals surface area contributed by atoms with Crippen LogP contribution in [0.4, 0.5) is 0 Å². The summed E-state index contributed by atoms with van der Waals surface area (Å²) >= 11 is 0. The Morgan fingerprint density at radius 2 is 0.978 bits per heavy atom. The van der Waals surface area contributed by atoms with E-state index in [9.17, 15) is 68.1 Å². The second kappa shape index (κ2) is 35.1. The summed E-state index contributed by atoms with van der Waals surface area (Å²) in [5.74, 6) is -12.4. The van der Waals surface area contributed by atoms with Crippen LogP contribution in [0.25, 0.3) is 10.9 Å². The highest BCUT2D eigenvalue weighted by atomic mass is 16.4. The molecule has 92 heavy (non-hydrogen) atoms. The fraction of sp³-hybridized carbons (Fsp3) is 0.477. The molecule has 5 rings (SSSR count). The van der Waals surface area contributed by atoms with E-state index < -0.39 is 144 Å². The van der Waals surface area contributed by atoms with E-state index in [1.54, 1.807) is 110 Å². The molecule has 0 unspecified atom stereocenters. The van der Waals surface area contributed by atoms with Crippen LogP contribution in [0, 0.1) is 23.7 Å². The molecular weight excluding hydrogens is 1190 g/mol. The van der Waals surface area contributed by atoms with Crippen molar-refractivity contribution in [1.82, 2.24) is 62.8 Å². The maximum Gasteiger partial charge on any atom is 0.326 e. The quantitative estimate of drug-likeness (QED) is 0.0272. The van der Waals surface area contributed by atoms with Gasteiger partial charge in [-0.05, 0) is 71.9 Å². The highest BCUT2D eigenvalue weighted by Crippen LogP contribution is 2.21. The zero-order valence-corrected chi connectivity index (χ0v) is 53.3. The van der Waals surface area contributed by atoms with Crippen molar-refractivity contribution in [1.29, 1.82) is 0 Å². The van der Waals surface area contributed by atoms with Gasteiger partial charge in [0, 0.05) is 54.7 Å². The molecule has 27 nitrogen and oxygen atoms in total. The van der Waals surface area contributed by atoms with Gasteiger partial charge in [-0.2, -0.15) is 0 Å². The van der Waals surface area contributed by atoms with Crippen molar-refractivity contribution in [3.63, 3.8) is 0 Å². The fourth-order valence-corrected chi connectivity index (χ4v) is 10.00. The van der Waals surface area contributed by atoms with Crippen LogP contribution in [0.3, 0.4) is 0 Å². The van der Waals surface area contributed by atoms with Crippen LogP contribution in [0.15, 0.2) is 97.6 Å². The smallest absolute Gasteiger partial charge is 0.326 e. The standard InChI is InChI=1S/C65H89N13O14/c1-10-36(7)54(63(89)76-51(65(91)92)28-41-31-68-45-20-16-15-19-44(41)45)78-64(90)55(37(8)11-2)77-61(87)50(30-52(80)81)74-58(84)46(25-34(3)4)72-60(86)49(29-42-32-67-33-69-42)71-56(82)38(9)70-57(83)47(26-39-17-13-12-14-18-39)73-59(85)48(75-62(88)53(66)35(5)6)27-40-21-23-43(79)24-22-40/h12-24,31-38,46-51,53-55,68,79H,10-11,25-30,66H2,1-9H3,(H,67,69)(H,70,83)(H,71,82)(H,72,86)(H,73,85)(H,74,84)(H,75,88)(H,76,89)(H,77,87)(H,78,90)(H,80,81)(H,91,92)/t36-,37-,38-,46-,47-,48-,49-,50-,51-,53-,54-,55-/m0/s1. The van der Waals surface area contributed by atoms with Gasteiger partial charge in [0.15, 0.2) is 0 Å². The first-order chi connectivity index (χ1) is 43.6. The molecule has 2 heterocycles. The van der Waals surface area contributed by atoms with Crippen LogP contribution in [-0.4, -0.2) is 156 Å². The number of phenolic OH excluding ortho intramolecular Hbond substituents is 1. The molecule has 0 aliphatic heterocycles. The van der Waals surface area contributed by atoms with E-state index >= 15 is 0 Å². The lowest BCUT2D eigenvalue weighted by molar-refractivity contribution is -0.142. The molecule has 0 saturated heterocycles. The van der Waals surface area contributed by atoms with Gasteiger partial charge < -0.3 is 78.9 Å². The second-order valence-electron chi connectivity index (χ2n) is 24.1. The monoisotopic (exact) mass is 1280 g/mol. The summed E-state index contributed by atoms with van der Waals surface area (Å²) in [5, 5.41) is 54.5. The summed E-state index contributed by atoms with van der Waals surface area (Å²) in [6.07, 6.45) is 3.52. The first-order valence-corrected chi connectivity index (χ1v) is 30.9. The summed E-state index contributed by atoms with van der Waals surface area (Å²) in [5.41, 5.74) is 9.10. The van der Waals surface area contributed by atoms with Gasteiger partial charge in [-0.25, -0.2) is 9.78 Å². The highest BCUT2D eigenvalue weighted by molar-refractivity contribution is 5.99. The van der Waals surface area contributed by atoms with E-state index in [0.717, 1.165) is 10.9 Å². The van der Waals surface area contributed by atoms with Crippen molar-refractivity contribution in [2.75, 3.05) is 0 Å². The number of nitrogens with two attached hydrogens (primary N) is 1. The van der Waals surface area contributed by atoms with E-state index in [1.165, 1.54) is 31.6 Å². The van der Waals surface area contributed by atoms with Crippen LogP contribution in [0.2, 0.25) is 0 Å². The number of hydrogen-bond acceptors (Lipinski definition) is 14. The van der Waals surface area contributed by atoms with E-state index in [1.807, 2.05) is 18.2 Å². The van der Waals surface area contributed by atoms with E-state index in [4.69, 9.17) is 5.73 Å². The molecule has 12 atom stereocenters. The molecule has 9 amide bonds. The average Bonchev–Trinajstić information content (AvgIpc) is 1.85. The van der Waals surface area contributed by atoms with E-state index in [-0.39, 0.29) is 49.7 Å². The number of rotatable bonds is 36. The van der Waals surface area contributed by atoms with Gasteiger partial charge in [-0.3, -0.25) is 47.9 Å². The number of carbonyl (C=O) groups is 11. The molecule has 0 saturated carbocycles. The third kappa shape index (κ3) is 22.1. The number of aromatic hydroxyl groups is 1. The molecule has 0 radical (unpaired) electrons. The Labute approximate surface area is 534 Å². The first kappa shape index (κ1) is 73.1. The summed E-state index contributed by atoms with van der Waals surface area (Å²) in [6.45, 7) is 15.1. The van der Waals surface area contributed by atoms with Crippen molar-refractivity contribution in [2.45, 2.75) is 174 Å². The van der Waals surface area contributed by atoms with E-state index in [0.29, 0.717) is 35.2 Å². The molecule has 498 valence electrons. The topological polar surface area (TPSA) is 427 Å². The number of benzene rings is 3. The van der Waals surface area contributed by atoms with Gasteiger partial charge in [-0.1, -0.05) is 129 Å². The molecule has 3 aromatic carbocycles. The number of carboxylic acid groups (broad SMARTS) is 2. The Hall–Kier alpha value is -9.66. The van der Waals surface area contributed by atoms with Crippen LogP contribution >= 0.6 is 0 Å². The largest absolute Gasteiger partial charge is 0.508 e. The predicted octanol–water partition coefficient (Wildman–Crippen LogP) is 1.93. The van der Waals surface area contributed by atoms with E-state index in [2.05, 4.69) is 62.8 Å². The molecular formula is C65H89N13O14. The Morgan fingerprint density at radius 3 is 1.53 bits per heavy atom. The SMILES string of the molecule is CC[C@H](C)[C@H](NC(=O)[C@H](CC(=O)O)NC(=O)[C@H](CC(C)C)NC(=O)[C@H](Cc1cnc[nH]1)NC(=O)[C@H](C)NC(=O)[C@H](Cc1ccccc1)NC(=O)[C@H](Cc1ccc(O)cc1)NC(=O)[C@@H](N)C(C)C)C(=O)N[C@H](C(=O)N[C@@H](Cc1c[nH]c2ccccc12)C(=O)O)[C@@H](C)CC. The van der Waals surface area contributed by atoms with Crippen molar-refractivity contribution >= 4 is 76.0 Å². The van der Waals surface area contributed by atoms with Crippen LogP contribution in [-0.2, 0) is 78.4 Å². The summed E-state index contributed by atoms with van der Waals surface area (Å²) in [4.78, 5) is 162. The van der Waals surface area contributed by atoms with Crippen molar-refractivity contribution < 1.29 is 68.1 Å². The lowest BCUT2D eigenvalue weighted by Gasteiger charge is -2.31. The molecule has 2 aromatic heterocycles. The van der Waals surface area contributed by atoms with Gasteiger partial charge in [0.1, 0.15) is 60.1 Å². The highest BCUT2D eigenvalue weighted by Gasteiger charge is 2.38. The lowest BCUT2D eigenvalue weighted by Crippen LogP contribution is -2.62. The third-order valence-electron chi connectivity index (χ3n) is 16.0. The number of H-pyrrole nitrogens is 2. The molecule has 0 fully saturated rings. The van der Waals surface area contributed by atoms with Gasteiger partial charge in [0.2, 0.25) is 53.2 Å². The molecule has 5 aromatic rings. The summed E-state index contributed by atoms with van der Waals surface area (Å²) in [7, 11) is 0. The minimum atomic E-state index is -1.84. The number of carboxylic acids is 2. The number of aromatic amines is 2. The minimum absolute atomic E-state index is 0.0248. The second-order valence-corrected chi connectivity index (χ2v) is 24.1. The Morgan fingerprint density at radius 1 is 0.500 bits per heavy atom. The number of para-hydroxylation sites is 1. The number of nitrogens with zero attached hydrogens (tertiary/aromatic N) is 1. The minimum Gasteiger partial charge on any atom is -0.508 e. The average molecular weight is 1280 g/mol. The molecule has 16 N–H and O–H groups in total. The number of hydrogen-bond donors (Lipinski definition) is 15. The maximum atomic E-state index is 14.5. The normalized spacial score (nSPS) is 15.3. The van der Waals surface area contributed by atoms with Crippen molar-refractivity contribution in [3.05, 3.63) is 120 Å². The number of imidazole rings is 1. The number of nitrogens with one attached hydrogen (secondary N) is 11. The molecule has 0 spiro atoms. The number of aliphatic carboxylic acids is 2. The lowest BCUT2D eigenvalue weighted by atomic mass is 9.94. The Bertz CT molecular complexity index is 3320. The Kier molecular flexibility index (Phi) is 27.9. The molecule has 0 aliphatic carbocycles. The van der Waals surface area contributed by atoms with Gasteiger partial charge >= 0.3 is 11.9 Å². The number of fused-ring (bicyclic) bond motifs is 1. The van der Waals surface area contributed by atoms with Gasteiger partial charge in [0.25, 0.3) is 0 Å². The molecule has 0 aliphatic rings. The van der Waals surface area contributed by atoms with Crippen molar-refractivity contribution in [3.8, 4) is 5.75 Å². The van der Waals surface area contributed by atoms with Crippen LogP contribution < -0.4 is 53.6 Å². The first-order valence-electron chi connectivity index (χ1n) is 30.9. The number of aromatic nitrogens is 3. The Balaban J connectivity index is 1.32. The van der Waals surface area contributed by atoms with Gasteiger partial charge in [0.05, 0.1) is 18.8 Å². The van der Waals surface area contributed by atoms with Gasteiger partial charge in [-0.15, -0.1) is 0 Å². The fourth-order valence-electron chi connectivity index (χ4n) is 10.00. The molecule has 0 bridgehead atoms. The zero-order valence-electron chi connectivity index (χ0n) is 53.3. The number of carbonyl (C=O) groups excluding carboxylic acids is 9. The number of phenols is 1. The van der Waals surface area contributed by atoms with Crippen molar-refractivity contribution in [2.24, 2.45) is 29.4 Å².